The standard InChI is InChI=1S/C13H20N2OS/c1-3-10-6-7-17-12(10)8-14-9(2)13(16)15-11-4-5-11/h6-7,9,11,14H,3-5,8H2,1-2H3,(H,15,16). The number of nitrogens with one attached hydrogen (secondary N) is 2. The van der Waals surface area contributed by atoms with Crippen molar-refractivity contribution < 1.29 is 4.79 Å². The van der Waals surface area contributed by atoms with Crippen LogP contribution < -0.4 is 10.6 Å². The topological polar surface area (TPSA) is 41.1 Å². The maximum Gasteiger partial charge on any atom is 0.237 e. The number of amides is 1. The van der Waals surface area contributed by atoms with Gasteiger partial charge in [-0.1, -0.05) is 6.92 Å². The van der Waals surface area contributed by atoms with Crippen LogP contribution in [0.5, 0.6) is 0 Å². The minimum absolute atomic E-state index is 0.109. The van der Waals surface area contributed by atoms with Crippen molar-refractivity contribution in [3.8, 4) is 0 Å². The summed E-state index contributed by atoms with van der Waals surface area (Å²) in [6.07, 6.45) is 3.34. The Morgan fingerprint density at radius 2 is 2.35 bits per heavy atom. The number of hydrogen-bond donors (Lipinski definition) is 2. The first-order valence-electron chi connectivity index (χ1n) is 6.29. The van der Waals surface area contributed by atoms with Crippen molar-refractivity contribution in [3.63, 3.8) is 0 Å². The third kappa shape index (κ3) is 3.54. The lowest BCUT2D eigenvalue weighted by Crippen LogP contribution is -2.42. The maximum atomic E-state index is 11.7. The molecule has 0 bridgehead atoms. The van der Waals surface area contributed by atoms with Gasteiger partial charge in [-0.3, -0.25) is 4.79 Å². The summed E-state index contributed by atoms with van der Waals surface area (Å²) >= 11 is 1.76. The Labute approximate surface area is 107 Å². The first-order chi connectivity index (χ1) is 8.20. The Hall–Kier alpha value is -0.870. The summed E-state index contributed by atoms with van der Waals surface area (Å²) in [5.74, 6) is 0.127. The smallest absolute Gasteiger partial charge is 0.237 e. The van der Waals surface area contributed by atoms with Gasteiger partial charge < -0.3 is 10.6 Å². The van der Waals surface area contributed by atoms with Gasteiger partial charge in [0.1, 0.15) is 0 Å². The Morgan fingerprint density at radius 3 is 3.00 bits per heavy atom. The number of carbonyl (C=O) groups excluding carboxylic acids is 1. The molecule has 1 aliphatic carbocycles. The summed E-state index contributed by atoms with van der Waals surface area (Å²) < 4.78 is 0. The fourth-order valence-corrected chi connectivity index (χ4v) is 2.66. The van der Waals surface area contributed by atoms with Crippen LogP contribution in [0.3, 0.4) is 0 Å². The average molecular weight is 252 g/mol. The van der Waals surface area contributed by atoms with Gasteiger partial charge in [-0.2, -0.15) is 0 Å². The third-order valence-corrected chi connectivity index (χ3v) is 4.07. The van der Waals surface area contributed by atoms with Gasteiger partial charge in [0.15, 0.2) is 0 Å². The van der Waals surface area contributed by atoms with Crippen molar-refractivity contribution in [1.29, 1.82) is 0 Å². The van der Waals surface area contributed by atoms with Crippen LogP contribution in [-0.4, -0.2) is 18.0 Å². The molecule has 0 spiro atoms. The van der Waals surface area contributed by atoms with Crippen LogP contribution in [0.1, 0.15) is 37.1 Å². The summed E-state index contributed by atoms with van der Waals surface area (Å²) in [6.45, 7) is 4.88. The van der Waals surface area contributed by atoms with Crippen molar-refractivity contribution in [1.82, 2.24) is 10.6 Å². The molecule has 1 atom stereocenters. The second kappa shape index (κ2) is 5.65. The van der Waals surface area contributed by atoms with E-state index in [0.29, 0.717) is 6.04 Å². The molecule has 17 heavy (non-hydrogen) atoms. The molecule has 1 amide bonds. The monoisotopic (exact) mass is 252 g/mol. The second-order valence-electron chi connectivity index (χ2n) is 4.61. The summed E-state index contributed by atoms with van der Waals surface area (Å²) in [5, 5.41) is 8.42. The van der Waals surface area contributed by atoms with Crippen LogP contribution in [0.2, 0.25) is 0 Å². The normalized spacial score (nSPS) is 16.8. The molecule has 0 aromatic carbocycles. The molecule has 4 heteroatoms. The van der Waals surface area contributed by atoms with Crippen LogP contribution >= 0.6 is 11.3 Å². The Balaban J connectivity index is 1.78. The average Bonchev–Trinajstić information content (AvgIpc) is 3.02. The van der Waals surface area contributed by atoms with E-state index < -0.39 is 0 Å². The van der Waals surface area contributed by atoms with Crippen molar-refractivity contribution in [2.24, 2.45) is 0 Å². The lowest BCUT2D eigenvalue weighted by atomic mass is 10.2. The lowest BCUT2D eigenvalue weighted by molar-refractivity contribution is -0.122. The van der Waals surface area contributed by atoms with Crippen LogP contribution in [0.15, 0.2) is 11.4 Å². The molecule has 1 fully saturated rings. The zero-order chi connectivity index (χ0) is 12.3. The third-order valence-electron chi connectivity index (χ3n) is 3.10. The zero-order valence-electron chi connectivity index (χ0n) is 10.5. The Morgan fingerprint density at radius 1 is 1.59 bits per heavy atom. The highest BCUT2D eigenvalue weighted by atomic mass is 32.1. The highest BCUT2D eigenvalue weighted by Crippen LogP contribution is 2.19. The van der Waals surface area contributed by atoms with Gasteiger partial charge in [-0.15, -0.1) is 11.3 Å². The van der Waals surface area contributed by atoms with Crippen LogP contribution in [0.4, 0.5) is 0 Å². The van der Waals surface area contributed by atoms with E-state index in [0.717, 1.165) is 25.8 Å². The van der Waals surface area contributed by atoms with E-state index in [9.17, 15) is 4.79 Å². The minimum atomic E-state index is -0.109. The Kier molecular flexibility index (Phi) is 4.18. The fourth-order valence-electron chi connectivity index (χ4n) is 1.73. The number of thiophene rings is 1. The predicted molar refractivity (Wildman–Crippen MR) is 71.2 cm³/mol. The number of carbonyl (C=O) groups is 1. The van der Waals surface area contributed by atoms with E-state index in [2.05, 4.69) is 29.0 Å². The second-order valence-corrected chi connectivity index (χ2v) is 5.61. The maximum absolute atomic E-state index is 11.7. The number of aryl methyl sites for hydroxylation is 1. The van der Waals surface area contributed by atoms with Crippen molar-refractivity contribution in [2.45, 2.75) is 51.7 Å². The van der Waals surface area contributed by atoms with Gasteiger partial charge >= 0.3 is 0 Å². The molecule has 1 aliphatic rings. The summed E-state index contributed by atoms with van der Waals surface area (Å²) in [4.78, 5) is 13.1. The molecule has 1 saturated carbocycles. The molecular formula is C13H20N2OS. The molecule has 1 heterocycles. The molecule has 3 nitrogen and oxygen atoms in total. The zero-order valence-corrected chi connectivity index (χ0v) is 11.3. The van der Waals surface area contributed by atoms with Gasteiger partial charge in [0, 0.05) is 17.5 Å². The summed E-state index contributed by atoms with van der Waals surface area (Å²) in [6, 6.07) is 2.50. The minimum Gasteiger partial charge on any atom is -0.352 e. The highest BCUT2D eigenvalue weighted by Gasteiger charge is 2.25. The van der Waals surface area contributed by atoms with E-state index in [1.54, 1.807) is 11.3 Å². The van der Waals surface area contributed by atoms with Crippen molar-refractivity contribution >= 4 is 17.2 Å². The highest BCUT2D eigenvalue weighted by molar-refractivity contribution is 7.10. The summed E-state index contributed by atoms with van der Waals surface area (Å²) in [7, 11) is 0. The summed E-state index contributed by atoms with van der Waals surface area (Å²) in [5.41, 5.74) is 1.39. The SMILES string of the molecule is CCc1ccsc1CNC(C)C(=O)NC1CC1. The van der Waals surface area contributed by atoms with E-state index in [1.807, 2.05) is 6.92 Å². The van der Waals surface area contributed by atoms with Gasteiger partial charge in [0.25, 0.3) is 0 Å². The van der Waals surface area contributed by atoms with Gasteiger partial charge in [0.2, 0.25) is 5.91 Å². The van der Waals surface area contributed by atoms with E-state index >= 15 is 0 Å². The van der Waals surface area contributed by atoms with E-state index in [-0.39, 0.29) is 11.9 Å². The molecule has 0 saturated heterocycles. The quantitative estimate of drug-likeness (QED) is 0.814. The van der Waals surface area contributed by atoms with Gasteiger partial charge in [0.05, 0.1) is 6.04 Å². The molecule has 1 aromatic rings. The van der Waals surface area contributed by atoms with E-state index in [1.165, 1.54) is 10.4 Å². The molecule has 2 N–H and O–H groups in total. The largest absolute Gasteiger partial charge is 0.352 e. The number of rotatable bonds is 6. The molecule has 0 radical (unpaired) electrons. The first-order valence-corrected chi connectivity index (χ1v) is 7.17. The van der Waals surface area contributed by atoms with Crippen LogP contribution in [-0.2, 0) is 17.8 Å². The molecule has 1 unspecified atom stereocenters. The predicted octanol–water partition coefficient (Wildman–Crippen LogP) is 2.07. The first kappa shape index (κ1) is 12.6. The molecule has 1 aromatic heterocycles. The van der Waals surface area contributed by atoms with Crippen LogP contribution in [0.25, 0.3) is 0 Å². The number of hydrogen-bond acceptors (Lipinski definition) is 3. The lowest BCUT2D eigenvalue weighted by Gasteiger charge is -2.13. The fraction of sp³-hybridized carbons (Fsp3) is 0.615. The van der Waals surface area contributed by atoms with Crippen molar-refractivity contribution in [3.05, 3.63) is 21.9 Å². The Bertz CT molecular complexity index is 385. The van der Waals surface area contributed by atoms with E-state index in [4.69, 9.17) is 0 Å². The van der Waals surface area contributed by atoms with Gasteiger partial charge in [-0.25, -0.2) is 0 Å². The molecule has 94 valence electrons. The molecule has 0 aliphatic heterocycles. The molecular weight excluding hydrogens is 232 g/mol. The molecule has 2 rings (SSSR count). The van der Waals surface area contributed by atoms with Crippen LogP contribution in [0, 0.1) is 0 Å². The van der Waals surface area contributed by atoms with Gasteiger partial charge in [-0.05, 0) is 43.2 Å². The van der Waals surface area contributed by atoms with Crippen molar-refractivity contribution in [2.75, 3.05) is 0 Å².